The number of carbonyl (C=O) groups excluding carboxylic acids is 1. The van der Waals surface area contributed by atoms with Crippen molar-refractivity contribution in [3.05, 3.63) is 90.0 Å². The Labute approximate surface area is 157 Å². The summed E-state index contributed by atoms with van der Waals surface area (Å²) >= 11 is 0. The third-order valence-electron chi connectivity index (χ3n) is 3.78. The van der Waals surface area contributed by atoms with Gasteiger partial charge in [-0.1, -0.05) is 18.2 Å². The maximum absolute atomic E-state index is 12.5. The van der Waals surface area contributed by atoms with E-state index >= 15 is 0 Å². The zero-order chi connectivity index (χ0) is 19.1. The average molecular weight is 360 g/mol. The first-order valence-electron chi connectivity index (χ1n) is 8.45. The number of allylic oxidation sites excluding steroid dienone is 2. The second-order valence-corrected chi connectivity index (χ2v) is 5.85. The lowest BCUT2D eigenvalue weighted by molar-refractivity contribution is 0.104. The molecular formula is C21H20N4O2. The number of aromatic nitrogens is 2. The number of pyridine rings is 2. The van der Waals surface area contributed by atoms with Gasteiger partial charge in [-0.3, -0.25) is 9.78 Å². The predicted molar refractivity (Wildman–Crippen MR) is 105 cm³/mol. The standard InChI is InChI=1S/C21H20N4O2/c1-23-21-19(8-5-9-25-21)20(26)12-16(22)10-15-11-18(14-24-13-15)27-17-6-3-2-4-7-17/h2-9,11-14H,10,22H2,1H3,(H,23,25). The first-order chi connectivity index (χ1) is 13.2. The third kappa shape index (κ3) is 4.92. The summed E-state index contributed by atoms with van der Waals surface area (Å²) in [4.78, 5) is 20.8. The molecule has 2 aromatic heterocycles. The fraction of sp³-hybridized carbons (Fsp3) is 0.0952. The van der Waals surface area contributed by atoms with Gasteiger partial charge in [0.05, 0.1) is 11.8 Å². The van der Waals surface area contributed by atoms with E-state index in [1.54, 1.807) is 37.8 Å². The molecule has 3 aromatic rings. The molecule has 0 amide bonds. The van der Waals surface area contributed by atoms with Crippen LogP contribution in [0, 0.1) is 0 Å². The summed E-state index contributed by atoms with van der Waals surface area (Å²) in [6.45, 7) is 0. The topological polar surface area (TPSA) is 90.1 Å². The molecule has 0 saturated heterocycles. The molecule has 3 rings (SSSR count). The molecule has 27 heavy (non-hydrogen) atoms. The Kier molecular flexibility index (Phi) is 5.79. The molecular weight excluding hydrogens is 340 g/mol. The molecule has 6 nitrogen and oxygen atoms in total. The van der Waals surface area contributed by atoms with Crippen molar-refractivity contribution in [1.29, 1.82) is 0 Å². The quantitative estimate of drug-likeness (QED) is 0.494. The normalized spacial score (nSPS) is 11.1. The summed E-state index contributed by atoms with van der Waals surface area (Å²) in [7, 11) is 1.72. The van der Waals surface area contributed by atoms with Gasteiger partial charge in [-0.2, -0.15) is 0 Å². The van der Waals surface area contributed by atoms with E-state index in [0.29, 0.717) is 29.2 Å². The van der Waals surface area contributed by atoms with Gasteiger partial charge < -0.3 is 15.8 Å². The Bertz CT molecular complexity index is 955. The average Bonchev–Trinajstić information content (AvgIpc) is 2.69. The number of benzene rings is 1. The molecule has 3 N–H and O–H groups in total. The third-order valence-corrected chi connectivity index (χ3v) is 3.78. The number of rotatable bonds is 7. The summed E-state index contributed by atoms with van der Waals surface area (Å²) in [6, 6.07) is 14.7. The highest BCUT2D eigenvalue weighted by Crippen LogP contribution is 2.21. The summed E-state index contributed by atoms with van der Waals surface area (Å²) < 4.78 is 5.78. The minimum Gasteiger partial charge on any atom is -0.456 e. The van der Waals surface area contributed by atoms with Crippen molar-refractivity contribution in [2.24, 2.45) is 5.73 Å². The molecule has 0 aliphatic rings. The maximum Gasteiger partial charge on any atom is 0.191 e. The maximum atomic E-state index is 12.5. The zero-order valence-corrected chi connectivity index (χ0v) is 14.9. The van der Waals surface area contributed by atoms with Crippen LogP contribution < -0.4 is 15.8 Å². The van der Waals surface area contributed by atoms with Crippen LogP contribution >= 0.6 is 0 Å². The van der Waals surface area contributed by atoms with Gasteiger partial charge in [0, 0.05) is 37.6 Å². The Hall–Kier alpha value is -3.67. The molecule has 1 aromatic carbocycles. The molecule has 0 spiro atoms. The summed E-state index contributed by atoms with van der Waals surface area (Å²) in [5.41, 5.74) is 7.83. The Morgan fingerprint density at radius 2 is 1.96 bits per heavy atom. The molecule has 6 heteroatoms. The number of para-hydroxylation sites is 1. The number of nitrogens with two attached hydrogens (primary N) is 1. The van der Waals surface area contributed by atoms with Crippen LogP contribution in [0.3, 0.4) is 0 Å². The first-order valence-corrected chi connectivity index (χ1v) is 8.45. The Morgan fingerprint density at radius 3 is 2.74 bits per heavy atom. The van der Waals surface area contributed by atoms with Gasteiger partial charge in [-0.05, 0) is 35.9 Å². The van der Waals surface area contributed by atoms with Crippen LogP contribution in [0.15, 0.2) is 78.9 Å². The van der Waals surface area contributed by atoms with E-state index < -0.39 is 0 Å². The van der Waals surface area contributed by atoms with Crippen LogP contribution in [0.2, 0.25) is 0 Å². The lowest BCUT2D eigenvalue weighted by Gasteiger charge is -2.08. The van der Waals surface area contributed by atoms with E-state index in [0.717, 1.165) is 11.3 Å². The van der Waals surface area contributed by atoms with Crippen LogP contribution in [-0.2, 0) is 6.42 Å². The van der Waals surface area contributed by atoms with E-state index in [2.05, 4.69) is 15.3 Å². The molecule has 0 fully saturated rings. The number of nitrogens with zero attached hydrogens (tertiary/aromatic N) is 2. The Balaban J connectivity index is 1.72. The van der Waals surface area contributed by atoms with Gasteiger partial charge in [-0.15, -0.1) is 0 Å². The molecule has 0 aliphatic heterocycles. The molecule has 2 heterocycles. The fourth-order valence-corrected chi connectivity index (χ4v) is 2.58. The van der Waals surface area contributed by atoms with Crippen LogP contribution in [0.25, 0.3) is 0 Å². The zero-order valence-electron chi connectivity index (χ0n) is 14.9. The summed E-state index contributed by atoms with van der Waals surface area (Å²) in [6.07, 6.45) is 6.77. The van der Waals surface area contributed by atoms with E-state index in [9.17, 15) is 4.79 Å². The van der Waals surface area contributed by atoms with Gasteiger partial charge in [0.1, 0.15) is 17.3 Å². The van der Waals surface area contributed by atoms with Crippen LogP contribution in [-0.4, -0.2) is 22.8 Å². The molecule has 0 saturated carbocycles. The highest BCUT2D eigenvalue weighted by Gasteiger charge is 2.10. The lowest BCUT2D eigenvalue weighted by atomic mass is 10.1. The van der Waals surface area contributed by atoms with Gasteiger partial charge in [0.2, 0.25) is 0 Å². The smallest absolute Gasteiger partial charge is 0.191 e. The minimum atomic E-state index is -0.199. The van der Waals surface area contributed by atoms with Crippen LogP contribution in [0.5, 0.6) is 11.5 Å². The van der Waals surface area contributed by atoms with E-state index in [1.807, 2.05) is 36.4 Å². The van der Waals surface area contributed by atoms with E-state index in [-0.39, 0.29) is 5.78 Å². The molecule has 136 valence electrons. The van der Waals surface area contributed by atoms with Crippen molar-refractivity contribution in [3.8, 4) is 11.5 Å². The van der Waals surface area contributed by atoms with Gasteiger partial charge in [-0.25, -0.2) is 4.98 Å². The van der Waals surface area contributed by atoms with E-state index in [1.165, 1.54) is 6.08 Å². The molecule has 0 bridgehead atoms. The second kappa shape index (κ2) is 8.62. The van der Waals surface area contributed by atoms with Gasteiger partial charge >= 0.3 is 0 Å². The van der Waals surface area contributed by atoms with Crippen molar-refractivity contribution in [1.82, 2.24) is 9.97 Å². The van der Waals surface area contributed by atoms with Crippen molar-refractivity contribution < 1.29 is 9.53 Å². The number of nitrogens with one attached hydrogen (secondary N) is 1. The molecule has 0 atom stereocenters. The highest BCUT2D eigenvalue weighted by atomic mass is 16.5. The molecule has 0 aliphatic carbocycles. The van der Waals surface area contributed by atoms with Crippen molar-refractivity contribution in [2.45, 2.75) is 6.42 Å². The number of carbonyl (C=O) groups is 1. The van der Waals surface area contributed by atoms with Crippen LogP contribution in [0.1, 0.15) is 15.9 Å². The molecule has 0 radical (unpaired) electrons. The lowest BCUT2D eigenvalue weighted by Crippen LogP contribution is -2.08. The SMILES string of the molecule is CNc1ncccc1C(=O)C=C(N)Cc1cncc(Oc2ccccc2)c1. The number of ketones is 1. The highest BCUT2D eigenvalue weighted by molar-refractivity contribution is 6.08. The van der Waals surface area contributed by atoms with E-state index in [4.69, 9.17) is 10.5 Å². The number of ether oxygens (including phenoxy) is 1. The van der Waals surface area contributed by atoms with Crippen molar-refractivity contribution in [3.63, 3.8) is 0 Å². The number of hydrogen-bond acceptors (Lipinski definition) is 6. The summed E-state index contributed by atoms with van der Waals surface area (Å²) in [5.74, 6) is 1.66. The first kappa shape index (κ1) is 18.1. The predicted octanol–water partition coefficient (Wildman–Crippen LogP) is 3.58. The van der Waals surface area contributed by atoms with Gasteiger partial charge in [0.15, 0.2) is 5.78 Å². The summed E-state index contributed by atoms with van der Waals surface area (Å²) in [5, 5.41) is 2.90. The van der Waals surface area contributed by atoms with Crippen molar-refractivity contribution in [2.75, 3.05) is 12.4 Å². The number of hydrogen-bond donors (Lipinski definition) is 2. The largest absolute Gasteiger partial charge is 0.456 e. The number of anilines is 1. The Morgan fingerprint density at radius 1 is 1.15 bits per heavy atom. The molecule has 0 unspecified atom stereocenters. The van der Waals surface area contributed by atoms with Gasteiger partial charge in [0.25, 0.3) is 0 Å². The minimum absolute atomic E-state index is 0.199. The second-order valence-electron chi connectivity index (χ2n) is 5.85. The van der Waals surface area contributed by atoms with Crippen molar-refractivity contribution >= 4 is 11.6 Å². The van der Waals surface area contributed by atoms with Crippen LogP contribution in [0.4, 0.5) is 5.82 Å². The monoisotopic (exact) mass is 360 g/mol. The fourth-order valence-electron chi connectivity index (χ4n) is 2.58.